The topological polar surface area (TPSA) is 82.3 Å². The Morgan fingerprint density at radius 1 is 0.653 bits per heavy atom. The van der Waals surface area contributed by atoms with Crippen LogP contribution < -0.4 is 17.0 Å². The first kappa shape index (κ1) is 32.1. The van der Waals surface area contributed by atoms with Crippen LogP contribution in [0.5, 0.6) is 0 Å². The van der Waals surface area contributed by atoms with E-state index in [0.717, 1.165) is 0 Å². The van der Waals surface area contributed by atoms with Crippen LogP contribution in [0.1, 0.15) is 12.8 Å². The van der Waals surface area contributed by atoms with Crippen LogP contribution in [0.25, 0.3) is 43.1 Å². The molecule has 0 aliphatic carbocycles. The van der Waals surface area contributed by atoms with Crippen LogP contribution in [0.15, 0.2) is 131 Å². The van der Waals surface area contributed by atoms with Gasteiger partial charge < -0.3 is 0 Å². The monoisotopic (exact) mass is 877 g/mol. The average molecular weight is 873 g/mol. The number of aliphatic carboxylic acids is 2. The average Bonchev–Trinajstić information content (AvgIpc) is 3.68. The summed E-state index contributed by atoms with van der Waals surface area (Å²) in [5, 5.41) is 29.2. The summed E-state index contributed by atoms with van der Waals surface area (Å²) >= 11 is -1.44. The minimum atomic E-state index is -0.797. The molecule has 8 rings (SSSR count). The second-order valence-corrected chi connectivity index (χ2v) is 18.4. The molecule has 2 heterocycles. The molecule has 2 aliphatic rings. The summed E-state index contributed by atoms with van der Waals surface area (Å²) in [4.78, 5) is 27.0. The van der Waals surface area contributed by atoms with Crippen molar-refractivity contribution in [3.05, 3.63) is 131 Å². The van der Waals surface area contributed by atoms with Gasteiger partial charge in [-0.15, -0.1) is 0 Å². The first-order valence-corrected chi connectivity index (χ1v) is 21.2. The van der Waals surface area contributed by atoms with Crippen molar-refractivity contribution in [2.45, 2.75) is 16.9 Å². The maximum atomic E-state index is 11.7. The van der Waals surface area contributed by atoms with Gasteiger partial charge in [-0.3, -0.25) is 0 Å². The van der Waals surface area contributed by atoms with Crippen LogP contribution in [-0.4, -0.2) is 81.2 Å². The van der Waals surface area contributed by atoms with Gasteiger partial charge in [-0.25, -0.2) is 0 Å². The van der Waals surface area contributed by atoms with E-state index >= 15 is 0 Å². The summed E-state index contributed by atoms with van der Waals surface area (Å²) in [5.41, 5.74) is 2.45. The number of nitrogens with one attached hydrogen (secondary N) is 1. The zero-order valence-electron chi connectivity index (χ0n) is 26.5. The van der Waals surface area contributed by atoms with Crippen molar-refractivity contribution >= 4 is 115 Å². The van der Waals surface area contributed by atoms with E-state index in [1.54, 1.807) is 0 Å². The predicted molar refractivity (Wildman–Crippen MR) is 201 cm³/mol. The molecule has 0 fully saturated rings. The zero-order valence-corrected chi connectivity index (χ0v) is 31.2. The standard InChI is InChI=1S/C41H32N2O4Te2/c44-36(45)22-24-42-34(48-40-32-18-10-6-14-28(32)26-12-4-8-16-30(26)38(40)42)20-2-1-3-21-35-43(25-23-37(46)47)39-31-17-9-5-13-27(31)29-15-7-11-19-33(29)41(39)49-35/h1-21,34H,22-25H2,(H,44,45)(H,46,47)/p+1/b3-1+,20-2+,35-21+. The van der Waals surface area contributed by atoms with Gasteiger partial charge in [-0.2, -0.15) is 0 Å². The zero-order chi connectivity index (χ0) is 33.5. The van der Waals surface area contributed by atoms with Gasteiger partial charge >= 0.3 is 306 Å². The van der Waals surface area contributed by atoms with Crippen molar-refractivity contribution in [3.63, 3.8) is 0 Å². The van der Waals surface area contributed by atoms with Gasteiger partial charge in [0.2, 0.25) is 0 Å². The van der Waals surface area contributed by atoms with E-state index in [1.165, 1.54) is 70.3 Å². The molecule has 6 nitrogen and oxygen atoms in total. The molecular weight excluding hydrogens is 840 g/mol. The molecule has 0 spiro atoms. The summed E-state index contributed by atoms with van der Waals surface area (Å²) < 4.78 is 4.25. The Morgan fingerprint density at radius 2 is 1.18 bits per heavy atom. The van der Waals surface area contributed by atoms with E-state index in [4.69, 9.17) is 0 Å². The van der Waals surface area contributed by atoms with Gasteiger partial charge in [0, 0.05) is 0 Å². The molecule has 8 heteroatoms. The second kappa shape index (κ2) is 13.6. The molecule has 6 aromatic rings. The molecule has 0 saturated carbocycles. The van der Waals surface area contributed by atoms with E-state index in [2.05, 4.69) is 132 Å². The number of nitrogens with zero attached hydrogens (tertiary/aromatic N) is 1. The molecule has 0 amide bonds. The Morgan fingerprint density at radius 3 is 1.82 bits per heavy atom. The van der Waals surface area contributed by atoms with Crippen molar-refractivity contribution in [3.8, 4) is 0 Å². The molecule has 0 bridgehead atoms. The number of carboxylic acids is 2. The first-order chi connectivity index (χ1) is 24.0. The fourth-order valence-electron chi connectivity index (χ4n) is 7.21. The number of carbonyl (C=O) groups is 2. The molecule has 2 aliphatic heterocycles. The van der Waals surface area contributed by atoms with Crippen LogP contribution in [-0.2, 0) is 9.59 Å². The van der Waals surface area contributed by atoms with E-state index in [9.17, 15) is 19.8 Å². The van der Waals surface area contributed by atoms with Crippen LogP contribution in [0.2, 0.25) is 0 Å². The fraction of sp³-hybridized carbons (Fsp3) is 0.122. The molecule has 0 radical (unpaired) electrons. The Balaban J connectivity index is 1.13. The molecule has 6 aromatic carbocycles. The quantitative estimate of drug-likeness (QED) is 0.105. The van der Waals surface area contributed by atoms with Crippen molar-refractivity contribution in [1.82, 2.24) is 0 Å². The first-order valence-electron chi connectivity index (χ1n) is 16.3. The van der Waals surface area contributed by atoms with Gasteiger partial charge in [0.1, 0.15) is 0 Å². The Labute approximate surface area is 304 Å². The number of hydrogen-bond acceptors (Lipinski definition) is 3. The number of hydrogen-bond donors (Lipinski definition) is 3. The Hall–Kier alpha value is -4.14. The molecule has 0 saturated heterocycles. The summed E-state index contributed by atoms with van der Waals surface area (Å²) in [7, 11) is 0. The summed E-state index contributed by atoms with van der Waals surface area (Å²) in [6, 6.07) is 34.2. The van der Waals surface area contributed by atoms with E-state index in [1.807, 2.05) is 0 Å². The van der Waals surface area contributed by atoms with E-state index in [-0.39, 0.29) is 16.9 Å². The summed E-state index contributed by atoms with van der Waals surface area (Å²) in [5.74, 6) is -1.57. The van der Waals surface area contributed by atoms with Crippen LogP contribution in [0.4, 0.5) is 11.4 Å². The third-order valence-corrected chi connectivity index (χ3v) is 16.5. The fourth-order valence-corrected chi connectivity index (χ4v) is 15.0. The normalized spacial score (nSPS) is 18.1. The number of quaternary nitrogens is 1. The molecule has 2 unspecified atom stereocenters. The van der Waals surface area contributed by atoms with Gasteiger partial charge in [0.05, 0.1) is 0 Å². The van der Waals surface area contributed by atoms with Crippen LogP contribution >= 0.6 is 0 Å². The SMILES string of the molecule is O=C(O)CCN1\C(=C/C=C/C=C/C2[Te]c3c(c4ccccc4c4ccccc34)[NH+]2CCC(=O)O)[Te]c2c1c1ccccc1c1ccccc21. The third kappa shape index (κ3) is 5.93. The van der Waals surface area contributed by atoms with E-state index < -0.39 is 53.8 Å². The number of anilines is 1. The van der Waals surface area contributed by atoms with Gasteiger partial charge in [0.15, 0.2) is 0 Å². The van der Waals surface area contributed by atoms with Gasteiger partial charge in [-0.05, 0) is 0 Å². The number of allylic oxidation sites excluding steroid dienone is 4. The molecular formula is C41H33N2O4Te2+. The predicted octanol–water partition coefficient (Wildman–Crippen LogP) is 5.24. The Bertz CT molecular complexity index is 2400. The minimum absolute atomic E-state index is 0.0689. The second-order valence-electron chi connectivity index (χ2n) is 12.2. The third-order valence-electron chi connectivity index (χ3n) is 9.30. The molecule has 3 N–H and O–H groups in total. The molecule has 2 atom stereocenters. The van der Waals surface area contributed by atoms with Gasteiger partial charge in [0.25, 0.3) is 0 Å². The summed E-state index contributed by atoms with van der Waals surface area (Å²) in [6.45, 7) is 0.975. The maximum absolute atomic E-state index is 11.7. The number of rotatable bonds is 9. The number of carboxylic acid groups (broad SMARTS) is 2. The van der Waals surface area contributed by atoms with Crippen molar-refractivity contribution < 1.29 is 24.7 Å². The van der Waals surface area contributed by atoms with Crippen LogP contribution in [0, 0.1) is 0 Å². The van der Waals surface area contributed by atoms with E-state index in [0.29, 0.717) is 13.1 Å². The molecule has 242 valence electrons. The molecule has 0 aromatic heterocycles. The van der Waals surface area contributed by atoms with Crippen molar-refractivity contribution in [2.75, 3.05) is 18.0 Å². The molecule has 49 heavy (non-hydrogen) atoms. The number of fused-ring (bicyclic) bond motifs is 12. The van der Waals surface area contributed by atoms with Gasteiger partial charge in [-0.1, -0.05) is 0 Å². The summed E-state index contributed by atoms with van der Waals surface area (Å²) in [6.07, 6.45) is 10.9. The van der Waals surface area contributed by atoms with Crippen LogP contribution in [0.3, 0.4) is 0 Å². The number of benzene rings is 6. The van der Waals surface area contributed by atoms with Crippen molar-refractivity contribution in [2.24, 2.45) is 0 Å². The Kier molecular flexibility index (Phi) is 8.93. The van der Waals surface area contributed by atoms with Crippen molar-refractivity contribution in [1.29, 1.82) is 0 Å².